The number of amides is 1. The summed E-state index contributed by atoms with van der Waals surface area (Å²) in [5, 5.41) is 0. The predicted octanol–water partition coefficient (Wildman–Crippen LogP) is 2.80. The maximum Gasteiger partial charge on any atom is 0.254 e. The molecule has 5 nitrogen and oxygen atoms in total. The fourth-order valence-electron chi connectivity index (χ4n) is 3.08. The topological polar surface area (TPSA) is 42.0 Å². The predicted molar refractivity (Wildman–Crippen MR) is 97.1 cm³/mol. The van der Waals surface area contributed by atoms with Gasteiger partial charge in [-0.05, 0) is 35.9 Å². The molecule has 1 amide bonds. The van der Waals surface area contributed by atoms with Crippen LogP contribution in [-0.2, 0) is 6.54 Å². The van der Waals surface area contributed by atoms with Crippen LogP contribution in [0.25, 0.3) is 0 Å². The van der Waals surface area contributed by atoms with E-state index in [0.29, 0.717) is 18.7 Å². The van der Waals surface area contributed by atoms with Gasteiger partial charge in [0.15, 0.2) is 11.6 Å². The molecule has 0 aliphatic carbocycles. The smallest absolute Gasteiger partial charge is 0.254 e. The van der Waals surface area contributed by atoms with Gasteiger partial charge in [-0.15, -0.1) is 0 Å². The number of halogens is 1. The summed E-state index contributed by atoms with van der Waals surface area (Å²) in [6.07, 6.45) is 0. The normalized spacial score (nSPS) is 15.0. The summed E-state index contributed by atoms with van der Waals surface area (Å²) < 4.78 is 23.9. The van der Waals surface area contributed by atoms with E-state index >= 15 is 0 Å². The Bertz CT molecular complexity index is 756. The Kier molecular flexibility index (Phi) is 5.73. The van der Waals surface area contributed by atoms with Crippen LogP contribution in [0, 0.1) is 5.82 Å². The third-order valence-corrected chi connectivity index (χ3v) is 4.62. The Labute approximate surface area is 152 Å². The van der Waals surface area contributed by atoms with Gasteiger partial charge in [0.1, 0.15) is 5.75 Å². The zero-order chi connectivity index (χ0) is 18.5. The van der Waals surface area contributed by atoms with Gasteiger partial charge in [-0.2, -0.15) is 0 Å². The van der Waals surface area contributed by atoms with Crippen molar-refractivity contribution in [3.63, 3.8) is 0 Å². The highest BCUT2D eigenvalue weighted by Gasteiger charge is 2.23. The Hall–Kier alpha value is -2.60. The molecule has 2 aromatic carbocycles. The highest BCUT2D eigenvalue weighted by molar-refractivity contribution is 5.94. The molecule has 1 aliphatic rings. The first-order valence-electron chi connectivity index (χ1n) is 8.59. The van der Waals surface area contributed by atoms with Crippen molar-refractivity contribution in [2.24, 2.45) is 0 Å². The van der Waals surface area contributed by atoms with Crippen LogP contribution in [0.4, 0.5) is 4.39 Å². The first-order valence-corrected chi connectivity index (χ1v) is 8.59. The van der Waals surface area contributed by atoms with Gasteiger partial charge in [-0.1, -0.05) is 12.1 Å². The number of hydrogen-bond donors (Lipinski definition) is 0. The van der Waals surface area contributed by atoms with Gasteiger partial charge in [0.25, 0.3) is 5.91 Å². The lowest BCUT2D eigenvalue weighted by Crippen LogP contribution is -2.48. The molecule has 1 saturated heterocycles. The van der Waals surface area contributed by atoms with Crippen molar-refractivity contribution in [1.29, 1.82) is 0 Å². The molecule has 6 heteroatoms. The quantitative estimate of drug-likeness (QED) is 0.824. The molecule has 0 spiro atoms. The Morgan fingerprint density at radius 3 is 2.27 bits per heavy atom. The van der Waals surface area contributed by atoms with Crippen LogP contribution in [0.1, 0.15) is 15.9 Å². The number of methoxy groups -OCH3 is 2. The molecule has 1 aliphatic heterocycles. The average Bonchev–Trinajstić information content (AvgIpc) is 2.68. The lowest BCUT2D eigenvalue weighted by atomic mass is 10.1. The standard InChI is InChI=1S/C20H23FN2O3/c1-25-17-6-3-15(4-7-17)14-22-9-11-23(12-10-22)20(24)16-5-8-19(26-2)18(21)13-16/h3-8,13H,9-12,14H2,1-2H3. The molecule has 2 aromatic rings. The summed E-state index contributed by atoms with van der Waals surface area (Å²) in [6, 6.07) is 12.3. The van der Waals surface area contributed by atoms with Crippen LogP contribution in [0.3, 0.4) is 0 Å². The van der Waals surface area contributed by atoms with Gasteiger partial charge in [0, 0.05) is 38.3 Å². The molecule has 0 saturated carbocycles. The molecule has 0 bridgehead atoms. The van der Waals surface area contributed by atoms with Crippen molar-refractivity contribution < 1.29 is 18.7 Å². The third kappa shape index (κ3) is 4.14. The minimum atomic E-state index is -0.517. The molecule has 0 N–H and O–H groups in total. The Balaban J connectivity index is 1.55. The number of nitrogens with zero attached hydrogens (tertiary/aromatic N) is 2. The monoisotopic (exact) mass is 358 g/mol. The molecule has 138 valence electrons. The first kappa shape index (κ1) is 18.2. The number of benzene rings is 2. The first-order chi connectivity index (χ1) is 12.6. The average molecular weight is 358 g/mol. The van der Waals surface area contributed by atoms with E-state index < -0.39 is 5.82 Å². The van der Waals surface area contributed by atoms with Gasteiger partial charge in [0.05, 0.1) is 14.2 Å². The highest BCUT2D eigenvalue weighted by atomic mass is 19.1. The third-order valence-electron chi connectivity index (χ3n) is 4.62. The molecular formula is C20H23FN2O3. The number of ether oxygens (including phenoxy) is 2. The molecule has 3 rings (SSSR count). The van der Waals surface area contributed by atoms with Crippen molar-refractivity contribution in [2.75, 3.05) is 40.4 Å². The van der Waals surface area contributed by atoms with E-state index in [0.717, 1.165) is 25.4 Å². The molecule has 0 atom stereocenters. The van der Waals surface area contributed by atoms with Crippen molar-refractivity contribution in [3.8, 4) is 11.5 Å². The summed E-state index contributed by atoms with van der Waals surface area (Å²) >= 11 is 0. The van der Waals surface area contributed by atoms with E-state index in [4.69, 9.17) is 9.47 Å². The van der Waals surface area contributed by atoms with Crippen LogP contribution in [0.15, 0.2) is 42.5 Å². The van der Waals surface area contributed by atoms with E-state index in [1.165, 1.54) is 24.8 Å². The molecule has 0 unspecified atom stereocenters. The van der Waals surface area contributed by atoms with Crippen LogP contribution in [0.5, 0.6) is 11.5 Å². The second-order valence-electron chi connectivity index (χ2n) is 6.27. The van der Waals surface area contributed by atoms with Crippen molar-refractivity contribution in [2.45, 2.75) is 6.54 Å². The molecule has 26 heavy (non-hydrogen) atoms. The summed E-state index contributed by atoms with van der Waals surface area (Å²) in [5.74, 6) is 0.328. The van der Waals surface area contributed by atoms with E-state index in [1.54, 1.807) is 18.1 Å². The Morgan fingerprint density at radius 1 is 1.00 bits per heavy atom. The van der Waals surface area contributed by atoms with Crippen LogP contribution in [0.2, 0.25) is 0 Å². The van der Waals surface area contributed by atoms with E-state index in [9.17, 15) is 9.18 Å². The maximum atomic E-state index is 13.8. The van der Waals surface area contributed by atoms with Gasteiger partial charge in [-0.3, -0.25) is 9.69 Å². The number of hydrogen-bond acceptors (Lipinski definition) is 4. The van der Waals surface area contributed by atoms with E-state index in [1.807, 2.05) is 12.1 Å². The summed E-state index contributed by atoms with van der Waals surface area (Å²) in [6.45, 7) is 3.67. The molecule has 1 heterocycles. The number of piperazine rings is 1. The fraction of sp³-hybridized carbons (Fsp3) is 0.350. The van der Waals surface area contributed by atoms with Crippen LogP contribution < -0.4 is 9.47 Å². The number of carbonyl (C=O) groups is 1. The van der Waals surface area contributed by atoms with Crippen molar-refractivity contribution in [3.05, 3.63) is 59.4 Å². The summed E-state index contributed by atoms with van der Waals surface area (Å²) in [7, 11) is 3.06. The van der Waals surface area contributed by atoms with E-state index in [2.05, 4.69) is 17.0 Å². The highest BCUT2D eigenvalue weighted by Crippen LogP contribution is 2.20. The van der Waals surface area contributed by atoms with Gasteiger partial charge >= 0.3 is 0 Å². The molecule has 1 fully saturated rings. The zero-order valence-corrected chi connectivity index (χ0v) is 15.1. The van der Waals surface area contributed by atoms with Gasteiger partial charge < -0.3 is 14.4 Å². The fourth-order valence-corrected chi connectivity index (χ4v) is 3.08. The largest absolute Gasteiger partial charge is 0.497 e. The van der Waals surface area contributed by atoms with Crippen molar-refractivity contribution >= 4 is 5.91 Å². The number of carbonyl (C=O) groups excluding carboxylic acids is 1. The summed E-state index contributed by atoms with van der Waals surface area (Å²) in [5.41, 5.74) is 1.56. The van der Waals surface area contributed by atoms with E-state index in [-0.39, 0.29) is 11.7 Å². The second kappa shape index (κ2) is 8.19. The van der Waals surface area contributed by atoms with Crippen LogP contribution >= 0.6 is 0 Å². The second-order valence-corrected chi connectivity index (χ2v) is 6.27. The SMILES string of the molecule is COc1ccc(CN2CCN(C(=O)c3ccc(OC)c(F)c3)CC2)cc1. The maximum absolute atomic E-state index is 13.8. The minimum absolute atomic E-state index is 0.143. The lowest BCUT2D eigenvalue weighted by Gasteiger charge is -2.34. The van der Waals surface area contributed by atoms with Gasteiger partial charge in [0.2, 0.25) is 0 Å². The Morgan fingerprint density at radius 2 is 1.69 bits per heavy atom. The zero-order valence-electron chi connectivity index (χ0n) is 15.1. The molecule has 0 aromatic heterocycles. The van der Waals surface area contributed by atoms with Gasteiger partial charge in [-0.25, -0.2) is 4.39 Å². The summed E-state index contributed by atoms with van der Waals surface area (Å²) in [4.78, 5) is 16.6. The minimum Gasteiger partial charge on any atom is -0.497 e. The molecular weight excluding hydrogens is 335 g/mol. The lowest BCUT2D eigenvalue weighted by molar-refractivity contribution is 0.0628. The van der Waals surface area contributed by atoms with Crippen molar-refractivity contribution in [1.82, 2.24) is 9.80 Å². The van der Waals surface area contributed by atoms with Crippen LogP contribution in [-0.4, -0.2) is 56.1 Å². The number of rotatable bonds is 5. The molecule has 0 radical (unpaired) electrons.